The SMILES string of the molecule is CN=C(NCc1ccc(OC)c(Br)c1)NCc1ccc(C)s1. The Labute approximate surface area is 143 Å². The lowest BCUT2D eigenvalue weighted by Crippen LogP contribution is -2.36. The van der Waals surface area contributed by atoms with Gasteiger partial charge in [0, 0.05) is 23.3 Å². The molecule has 0 saturated carbocycles. The normalized spacial score (nSPS) is 11.4. The minimum atomic E-state index is 0.700. The van der Waals surface area contributed by atoms with Gasteiger partial charge < -0.3 is 15.4 Å². The smallest absolute Gasteiger partial charge is 0.191 e. The van der Waals surface area contributed by atoms with E-state index in [1.165, 1.54) is 9.75 Å². The molecule has 118 valence electrons. The van der Waals surface area contributed by atoms with Crippen LogP contribution in [0.15, 0.2) is 39.8 Å². The fourth-order valence-electron chi connectivity index (χ4n) is 1.98. The molecule has 0 spiro atoms. The zero-order valence-electron chi connectivity index (χ0n) is 12.9. The number of nitrogens with zero attached hydrogens (tertiary/aromatic N) is 1. The van der Waals surface area contributed by atoms with Crippen LogP contribution in [0.3, 0.4) is 0 Å². The second-order valence-electron chi connectivity index (χ2n) is 4.76. The lowest BCUT2D eigenvalue weighted by molar-refractivity contribution is 0.412. The van der Waals surface area contributed by atoms with Crippen LogP contribution >= 0.6 is 27.3 Å². The van der Waals surface area contributed by atoms with E-state index in [1.54, 1.807) is 25.5 Å². The quantitative estimate of drug-likeness (QED) is 0.613. The van der Waals surface area contributed by atoms with Crippen molar-refractivity contribution in [2.24, 2.45) is 4.99 Å². The first kappa shape index (κ1) is 16.8. The molecule has 6 heteroatoms. The van der Waals surface area contributed by atoms with Gasteiger partial charge in [0.2, 0.25) is 0 Å². The average Bonchev–Trinajstić information content (AvgIpc) is 2.93. The number of ether oxygens (including phenoxy) is 1. The first-order valence-corrected chi connectivity index (χ1v) is 8.55. The highest BCUT2D eigenvalue weighted by Crippen LogP contribution is 2.25. The second-order valence-corrected chi connectivity index (χ2v) is 6.99. The predicted octanol–water partition coefficient (Wildman–Crippen LogP) is 3.69. The summed E-state index contributed by atoms with van der Waals surface area (Å²) in [6.07, 6.45) is 0. The number of methoxy groups -OCH3 is 1. The zero-order valence-corrected chi connectivity index (χ0v) is 15.3. The highest BCUT2D eigenvalue weighted by molar-refractivity contribution is 9.10. The first-order chi connectivity index (χ1) is 10.6. The van der Waals surface area contributed by atoms with Crippen molar-refractivity contribution in [2.45, 2.75) is 20.0 Å². The second kappa shape index (κ2) is 8.19. The van der Waals surface area contributed by atoms with Crippen molar-refractivity contribution in [1.82, 2.24) is 10.6 Å². The topological polar surface area (TPSA) is 45.7 Å². The van der Waals surface area contributed by atoms with Crippen molar-refractivity contribution < 1.29 is 4.74 Å². The third-order valence-electron chi connectivity index (χ3n) is 3.13. The monoisotopic (exact) mass is 381 g/mol. The Morgan fingerprint density at radius 2 is 2.00 bits per heavy atom. The summed E-state index contributed by atoms with van der Waals surface area (Å²) in [5, 5.41) is 6.63. The van der Waals surface area contributed by atoms with Crippen LogP contribution in [0.1, 0.15) is 15.3 Å². The van der Waals surface area contributed by atoms with E-state index in [4.69, 9.17) is 4.74 Å². The molecule has 1 aromatic carbocycles. The molecule has 0 unspecified atom stereocenters. The summed E-state index contributed by atoms with van der Waals surface area (Å²) in [6, 6.07) is 10.3. The Morgan fingerprint density at radius 3 is 2.59 bits per heavy atom. The molecule has 0 radical (unpaired) electrons. The largest absolute Gasteiger partial charge is 0.496 e. The van der Waals surface area contributed by atoms with Crippen molar-refractivity contribution in [1.29, 1.82) is 0 Å². The molecule has 2 N–H and O–H groups in total. The van der Waals surface area contributed by atoms with Crippen molar-refractivity contribution in [3.05, 3.63) is 50.1 Å². The Bertz CT molecular complexity index is 655. The summed E-state index contributed by atoms with van der Waals surface area (Å²) in [5.74, 6) is 1.62. The number of rotatable bonds is 5. The molecule has 4 nitrogen and oxygen atoms in total. The predicted molar refractivity (Wildman–Crippen MR) is 96.8 cm³/mol. The van der Waals surface area contributed by atoms with Crippen LogP contribution < -0.4 is 15.4 Å². The maximum atomic E-state index is 5.23. The number of halogens is 1. The Hall–Kier alpha value is -1.53. The number of aliphatic imine (C=N–C) groups is 1. The van der Waals surface area contributed by atoms with E-state index in [2.05, 4.69) is 50.6 Å². The Morgan fingerprint density at radius 1 is 1.23 bits per heavy atom. The van der Waals surface area contributed by atoms with E-state index in [9.17, 15) is 0 Å². The summed E-state index contributed by atoms with van der Waals surface area (Å²) in [7, 11) is 3.44. The van der Waals surface area contributed by atoms with Crippen LogP contribution in [0.5, 0.6) is 5.75 Å². The van der Waals surface area contributed by atoms with Crippen LogP contribution in [0.4, 0.5) is 0 Å². The fraction of sp³-hybridized carbons (Fsp3) is 0.312. The maximum absolute atomic E-state index is 5.23. The van der Waals surface area contributed by atoms with Gasteiger partial charge in [-0.2, -0.15) is 0 Å². The summed E-state index contributed by atoms with van der Waals surface area (Å²) < 4.78 is 6.18. The zero-order chi connectivity index (χ0) is 15.9. The molecule has 0 aliphatic carbocycles. The molecule has 0 aliphatic heterocycles. The van der Waals surface area contributed by atoms with E-state index >= 15 is 0 Å². The highest BCUT2D eigenvalue weighted by atomic mass is 79.9. The number of aryl methyl sites for hydroxylation is 1. The van der Waals surface area contributed by atoms with E-state index in [-0.39, 0.29) is 0 Å². The number of guanidine groups is 1. The third-order valence-corrected chi connectivity index (χ3v) is 4.75. The molecule has 0 saturated heterocycles. The molecule has 2 rings (SSSR count). The molecular formula is C16H20BrN3OS. The molecule has 0 fully saturated rings. The van der Waals surface area contributed by atoms with Gasteiger partial charge in [0.25, 0.3) is 0 Å². The van der Waals surface area contributed by atoms with Crippen LogP contribution in [0.25, 0.3) is 0 Å². The number of hydrogen-bond donors (Lipinski definition) is 2. The molecular weight excluding hydrogens is 362 g/mol. The standard InChI is InChI=1S/C16H20BrN3OS/c1-11-4-6-13(22-11)10-20-16(18-2)19-9-12-5-7-15(21-3)14(17)8-12/h4-8H,9-10H2,1-3H3,(H2,18,19,20). The fourth-order valence-corrected chi connectivity index (χ4v) is 3.40. The summed E-state index contributed by atoms with van der Waals surface area (Å²) in [5.41, 5.74) is 1.16. The van der Waals surface area contributed by atoms with Gasteiger partial charge in [-0.1, -0.05) is 6.07 Å². The highest BCUT2D eigenvalue weighted by Gasteiger charge is 2.03. The maximum Gasteiger partial charge on any atom is 0.191 e. The average molecular weight is 382 g/mol. The van der Waals surface area contributed by atoms with Gasteiger partial charge in [0.15, 0.2) is 5.96 Å². The molecule has 0 aliphatic rings. The van der Waals surface area contributed by atoms with Crippen molar-refractivity contribution in [2.75, 3.05) is 14.2 Å². The van der Waals surface area contributed by atoms with E-state index in [1.807, 2.05) is 18.2 Å². The number of benzene rings is 1. The molecule has 0 atom stereocenters. The minimum Gasteiger partial charge on any atom is -0.496 e. The lowest BCUT2D eigenvalue weighted by atomic mass is 10.2. The van der Waals surface area contributed by atoms with Gasteiger partial charge in [0.05, 0.1) is 18.1 Å². The van der Waals surface area contributed by atoms with Crippen LogP contribution in [-0.4, -0.2) is 20.1 Å². The van der Waals surface area contributed by atoms with E-state index in [0.29, 0.717) is 6.54 Å². The van der Waals surface area contributed by atoms with Crippen LogP contribution in [-0.2, 0) is 13.1 Å². The Balaban J connectivity index is 1.87. The summed E-state index contributed by atoms with van der Waals surface area (Å²) in [6.45, 7) is 3.60. The summed E-state index contributed by atoms with van der Waals surface area (Å²) >= 11 is 5.29. The number of thiophene rings is 1. The molecule has 1 heterocycles. The van der Waals surface area contributed by atoms with Crippen molar-refractivity contribution >= 4 is 33.2 Å². The van der Waals surface area contributed by atoms with Gasteiger partial charge in [-0.15, -0.1) is 11.3 Å². The molecule has 0 bridgehead atoms. The van der Waals surface area contributed by atoms with Gasteiger partial charge in [-0.3, -0.25) is 4.99 Å². The molecule has 22 heavy (non-hydrogen) atoms. The van der Waals surface area contributed by atoms with Gasteiger partial charge in [-0.25, -0.2) is 0 Å². The van der Waals surface area contributed by atoms with Gasteiger partial charge in [-0.05, 0) is 52.7 Å². The third kappa shape index (κ3) is 4.74. The summed E-state index contributed by atoms with van der Waals surface area (Å²) in [4.78, 5) is 6.86. The Kier molecular flexibility index (Phi) is 6.27. The van der Waals surface area contributed by atoms with Crippen LogP contribution in [0, 0.1) is 6.92 Å². The first-order valence-electron chi connectivity index (χ1n) is 6.94. The minimum absolute atomic E-state index is 0.700. The van der Waals surface area contributed by atoms with Gasteiger partial charge >= 0.3 is 0 Å². The number of nitrogens with one attached hydrogen (secondary N) is 2. The molecule has 0 amide bonds. The van der Waals surface area contributed by atoms with Gasteiger partial charge in [0.1, 0.15) is 5.75 Å². The van der Waals surface area contributed by atoms with E-state index in [0.717, 1.165) is 28.3 Å². The van der Waals surface area contributed by atoms with E-state index < -0.39 is 0 Å². The number of hydrogen-bond acceptors (Lipinski definition) is 3. The lowest BCUT2D eigenvalue weighted by Gasteiger charge is -2.12. The van der Waals surface area contributed by atoms with Crippen molar-refractivity contribution in [3.8, 4) is 5.75 Å². The molecule has 2 aromatic rings. The molecule has 1 aromatic heterocycles. The van der Waals surface area contributed by atoms with Crippen molar-refractivity contribution in [3.63, 3.8) is 0 Å². The van der Waals surface area contributed by atoms with Crippen LogP contribution in [0.2, 0.25) is 0 Å².